The predicted octanol–water partition coefficient (Wildman–Crippen LogP) is 3.53. The minimum atomic E-state index is -0.235. The van der Waals surface area contributed by atoms with E-state index >= 15 is 0 Å². The molecule has 0 radical (unpaired) electrons. The normalized spacial score (nSPS) is 22.0. The zero-order valence-corrected chi connectivity index (χ0v) is 10.3. The van der Waals surface area contributed by atoms with E-state index in [-0.39, 0.29) is 5.54 Å². The van der Waals surface area contributed by atoms with E-state index in [2.05, 4.69) is 29.9 Å². The van der Waals surface area contributed by atoms with Crippen LogP contribution in [-0.2, 0) is 5.54 Å². The zero-order chi connectivity index (χ0) is 11.9. The molecule has 2 aromatic carbocycles. The summed E-state index contributed by atoms with van der Waals surface area (Å²) in [6, 6.07) is 16.3. The van der Waals surface area contributed by atoms with Gasteiger partial charge in [0, 0.05) is 10.6 Å². The lowest BCUT2D eigenvalue weighted by atomic mass is 9.86. The number of anilines is 1. The molecule has 0 aromatic heterocycles. The molecular formula is C14H13ClN2. The summed E-state index contributed by atoms with van der Waals surface area (Å²) in [6.07, 6.45) is 0. The molecule has 2 aromatic rings. The molecular weight excluding hydrogens is 232 g/mol. The molecule has 0 fully saturated rings. The third-order valence-electron chi connectivity index (χ3n) is 3.32. The highest BCUT2D eigenvalue weighted by Gasteiger charge is 2.35. The van der Waals surface area contributed by atoms with E-state index in [4.69, 9.17) is 11.6 Å². The van der Waals surface area contributed by atoms with E-state index < -0.39 is 0 Å². The van der Waals surface area contributed by atoms with E-state index in [9.17, 15) is 0 Å². The quantitative estimate of drug-likeness (QED) is 0.802. The molecule has 1 unspecified atom stereocenters. The van der Waals surface area contributed by atoms with Crippen molar-refractivity contribution in [2.75, 3.05) is 5.43 Å². The van der Waals surface area contributed by atoms with E-state index in [1.165, 1.54) is 11.1 Å². The van der Waals surface area contributed by atoms with Crippen molar-refractivity contribution in [1.29, 1.82) is 0 Å². The molecule has 3 rings (SSSR count). The average Bonchev–Trinajstić information content (AvgIpc) is 2.70. The van der Waals surface area contributed by atoms with E-state index in [1.54, 1.807) is 0 Å². The number of halogens is 1. The topological polar surface area (TPSA) is 24.1 Å². The molecule has 3 heteroatoms. The second-order valence-corrected chi connectivity index (χ2v) is 4.87. The highest BCUT2D eigenvalue weighted by Crippen LogP contribution is 2.39. The number of nitrogens with one attached hydrogen (secondary N) is 2. The van der Waals surface area contributed by atoms with Crippen LogP contribution in [0.4, 0.5) is 5.69 Å². The van der Waals surface area contributed by atoms with Crippen molar-refractivity contribution in [3.05, 3.63) is 64.7 Å². The van der Waals surface area contributed by atoms with Crippen molar-refractivity contribution in [2.45, 2.75) is 12.5 Å². The number of hydrazine groups is 1. The predicted molar refractivity (Wildman–Crippen MR) is 71.1 cm³/mol. The molecule has 1 heterocycles. The summed E-state index contributed by atoms with van der Waals surface area (Å²) in [7, 11) is 0. The lowest BCUT2D eigenvalue weighted by Gasteiger charge is -2.25. The van der Waals surface area contributed by atoms with E-state index in [1.807, 2.05) is 36.4 Å². The summed E-state index contributed by atoms with van der Waals surface area (Å²) in [5.41, 5.74) is 9.78. The third kappa shape index (κ3) is 1.61. The van der Waals surface area contributed by atoms with Crippen LogP contribution in [0.15, 0.2) is 48.5 Å². The van der Waals surface area contributed by atoms with Gasteiger partial charge < -0.3 is 5.43 Å². The summed E-state index contributed by atoms with van der Waals surface area (Å²) in [4.78, 5) is 0. The molecule has 86 valence electrons. The molecule has 0 amide bonds. The lowest BCUT2D eigenvalue weighted by molar-refractivity contribution is 0.512. The van der Waals surface area contributed by atoms with Gasteiger partial charge in [0.25, 0.3) is 0 Å². The Bertz CT molecular complexity index is 553. The Hall–Kier alpha value is -1.51. The van der Waals surface area contributed by atoms with Gasteiger partial charge in [-0.3, -0.25) is 0 Å². The lowest BCUT2D eigenvalue weighted by Crippen LogP contribution is -2.37. The molecule has 17 heavy (non-hydrogen) atoms. The fourth-order valence-electron chi connectivity index (χ4n) is 2.30. The van der Waals surface area contributed by atoms with Gasteiger partial charge in [0.15, 0.2) is 0 Å². The molecule has 1 aliphatic heterocycles. The summed E-state index contributed by atoms with van der Waals surface area (Å²) in [5, 5.41) is 0.761. The van der Waals surface area contributed by atoms with Crippen molar-refractivity contribution in [1.82, 2.24) is 5.43 Å². The maximum absolute atomic E-state index is 6.08. The van der Waals surface area contributed by atoms with Crippen molar-refractivity contribution in [3.8, 4) is 0 Å². The molecule has 0 aliphatic carbocycles. The standard InChI is InChI=1S/C14H13ClN2/c1-14(10-5-3-2-4-6-10)12-9-11(15)7-8-13(12)16-17-14/h2-9,16-17H,1H3. The SMILES string of the molecule is CC1(c2ccccc2)NNc2ccc(Cl)cc21. The van der Waals surface area contributed by atoms with Crippen molar-refractivity contribution < 1.29 is 0 Å². The number of rotatable bonds is 1. The van der Waals surface area contributed by atoms with Crippen molar-refractivity contribution in [3.63, 3.8) is 0 Å². The Morgan fingerprint density at radius 2 is 1.82 bits per heavy atom. The Kier molecular flexibility index (Phi) is 2.35. The molecule has 0 spiro atoms. The van der Waals surface area contributed by atoms with Gasteiger partial charge >= 0.3 is 0 Å². The van der Waals surface area contributed by atoms with Gasteiger partial charge in [-0.05, 0) is 30.7 Å². The molecule has 0 saturated carbocycles. The average molecular weight is 245 g/mol. The maximum Gasteiger partial charge on any atom is 0.0861 e. The van der Waals surface area contributed by atoms with Crippen LogP contribution in [-0.4, -0.2) is 0 Å². The van der Waals surface area contributed by atoms with Gasteiger partial charge in [-0.15, -0.1) is 0 Å². The summed E-state index contributed by atoms with van der Waals surface area (Å²) >= 11 is 6.08. The third-order valence-corrected chi connectivity index (χ3v) is 3.55. The van der Waals surface area contributed by atoms with Gasteiger partial charge in [-0.2, -0.15) is 0 Å². The first-order valence-corrected chi connectivity index (χ1v) is 5.97. The van der Waals surface area contributed by atoms with Crippen LogP contribution in [0, 0.1) is 0 Å². The second kappa shape index (κ2) is 3.76. The fourth-order valence-corrected chi connectivity index (χ4v) is 2.47. The molecule has 1 atom stereocenters. The first-order chi connectivity index (χ1) is 8.20. The summed E-state index contributed by atoms with van der Waals surface area (Å²) in [6.45, 7) is 2.15. The number of fused-ring (bicyclic) bond motifs is 1. The molecule has 2 nitrogen and oxygen atoms in total. The van der Waals surface area contributed by atoms with Crippen LogP contribution >= 0.6 is 11.6 Å². The van der Waals surface area contributed by atoms with Crippen LogP contribution < -0.4 is 10.9 Å². The molecule has 0 bridgehead atoms. The van der Waals surface area contributed by atoms with Gasteiger partial charge in [-0.1, -0.05) is 41.9 Å². The van der Waals surface area contributed by atoms with Crippen molar-refractivity contribution >= 4 is 17.3 Å². The molecule has 2 N–H and O–H groups in total. The summed E-state index contributed by atoms with van der Waals surface area (Å²) < 4.78 is 0. The van der Waals surface area contributed by atoms with Crippen molar-refractivity contribution in [2.24, 2.45) is 0 Å². The number of benzene rings is 2. The van der Waals surface area contributed by atoms with Gasteiger partial charge in [0.2, 0.25) is 0 Å². The first kappa shape index (κ1) is 10.6. The molecule has 1 aliphatic rings. The van der Waals surface area contributed by atoms with E-state index in [0.717, 1.165) is 10.7 Å². The van der Waals surface area contributed by atoms with Crippen LogP contribution in [0.2, 0.25) is 5.02 Å². The fraction of sp³-hybridized carbons (Fsp3) is 0.143. The number of hydrogen-bond acceptors (Lipinski definition) is 2. The van der Waals surface area contributed by atoms with Crippen LogP contribution in [0.25, 0.3) is 0 Å². The van der Waals surface area contributed by atoms with Crippen LogP contribution in [0.5, 0.6) is 0 Å². The first-order valence-electron chi connectivity index (χ1n) is 5.59. The Balaban J connectivity index is 2.16. The maximum atomic E-state index is 6.08. The minimum absolute atomic E-state index is 0.235. The largest absolute Gasteiger partial charge is 0.320 e. The smallest absolute Gasteiger partial charge is 0.0861 e. The van der Waals surface area contributed by atoms with Crippen LogP contribution in [0.1, 0.15) is 18.1 Å². The monoisotopic (exact) mass is 244 g/mol. The Labute approximate surface area is 106 Å². The number of hydrogen-bond donors (Lipinski definition) is 2. The van der Waals surface area contributed by atoms with Crippen LogP contribution in [0.3, 0.4) is 0 Å². The molecule has 0 saturated heterocycles. The van der Waals surface area contributed by atoms with E-state index in [0.29, 0.717) is 0 Å². The van der Waals surface area contributed by atoms with Gasteiger partial charge in [0.05, 0.1) is 11.2 Å². The second-order valence-electron chi connectivity index (χ2n) is 4.43. The highest BCUT2D eigenvalue weighted by atomic mass is 35.5. The Morgan fingerprint density at radius 3 is 2.59 bits per heavy atom. The Morgan fingerprint density at radius 1 is 1.06 bits per heavy atom. The van der Waals surface area contributed by atoms with Gasteiger partial charge in [0.1, 0.15) is 0 Å². The zero-order valence-electron chi connectivity index (χ0n) is 9.50. The highest BCUT2D eigenvalue weighted by molar-refractivity contribution is 6.30. The minimum Gasteiger partial charge on any atom is -0.320 e. The summed E-state index contributed by atoms with van der Waals surface area (Å²) in [5.74, 6) is 0. The van der Waals surface area contributed by atoms with Gasteiger partial charge in [-0.25, -0.2) is 5.43 Å².